The van der Waals surface area contributed by atoms with Crippen molar-refractivity contribution in [2.24, 2.45) is 0 Å². The first-order valence-electron chi connectivity index (χ1n) is 15.8. The third kappa shape index (κ3) is 7.00. The zero-order valence-electron chi connectivity index (χ0n) is 26.2. The van der Waals surface area contributed by atoms with Gasteiger partial charge in [0.1, 0.15) is 11.5 Å². The molecule has 1 aliphatic rings. The summed E-state index contributed by atoms with van der Waals surface area (Å²) in [4.78, 5) is 24.0. The van der Waals surface area contributed by atoms with Crippen LogP contribution in [0.4, 0.5) is 5.69 Å². The molecule has 0 radical (unpaired) electrons. The lowest BCUT2D eigenvalue weighted by Crippen LogP contribution is -2.31. The highest BCUT2D eigenvalue weighted by atomic mass is 16.5. The van der Waals surface area contributed by atoms with Gasteiger partial charge in [-0.25, -0.2) is 0 Å². The van der Waals surface area contributed by atoms with Crippen LogP contribution in [-0.2, 0) is 19.4 Å². The summed E-state index contributed by atoms with van der Waals surface area (Å²) in [6, 6.07) is 29.6. The maximum absolute atomic E-state index is 12.6. The highest BCUT2D eigenvalue weighted by molar-refractivity contribution is 5.98. The molecule has 0 fully saturated rings. The summed E-state index contributed by atoms with van der Waals surface area (Å²) in [6.45, 7) is 6.96. The summed E-state index contributed by atoms with van der Waals surface area (Å²) in [5, 5.41) is 18.0. The van der Waals surface area contributed by atoms with Crippen molar-refractivity contribution >= 4 is 23.3 Å². The number of fused-ring (bicyclic) bond motifs is 2. The number of benzene rings is 3. The van der Waals surface area contributed by atoms with Gasteiger partial charge in [-0.2, -0.15) is 0 Å². The summed E-state index contributed by atoms with van der Waals surface area (Å²) < 4.78 is 6.38. The van der Waals surface area contributed by atoms with Gasteiger partial charge in [0, 0.05) is 78.3 Å². The molecule has 46 heavy (non-hydrogen) atoms. The molecule has 232 valence electrons. The van der Waals surface area contributed by atoms with Gasteiger partial charge >= 0.3 is 0 Å². The van der Waals surface area contributed by atoms with E-state index in [0.717, 1.165) is 75.9 Å². The molecule has 0 amide bonds. The average Bonchev–Trinajstić information content (AvgIpc) is 3.09. The van der Waals surface area contributed by atoms with Crippen LogP contribution in [0.3, 0.4) is 0 Å². The van der Waals surface area contributed by atoms with Crippen molar-refractivity contribution in [2.75, 3.05) is 25.0 Å². The summed E-state index contributed by atoms with van der Waals surface area (Å²) in [6.07, 6.45) is 7.33. The summed E-state index contributed by atoms with van der Waals surface area (Å²) >= 11 is 0. The Hall–Kier alpha value is -5.27. The molecular formula is C39H37N4O3-. The second-order valence-corrected chi connectivity index (χ2v) is 11.3. The molecule has 7 heteroatoms. The average molecular weight is 610 g/mol. The lowest BCUT2D eigenvalue weighted by molar-refractivity contribution is -0.255. The van der Waals surface area contributed by atoms with E-state index < -0.39 is 5.97 Å². The Balaban J connectivity index is 1.27. The van der Waals surface area contributed by atoms with Crippen LogP contribution in [0.2, 0.25) is 0 Å². The smallest absolute Gasteiger partial charge is 0.135 e. The van der Waals surface area contributed by atoms with Gasteiger partial charge in [-0.15, -0.1) is 0 Å². The second-order valence-electron chi connectivity index (χ2n) is 11.3. The van der Waals surface area contributed by atoms with Crippen molar-refractivity contribution in [3.05, 3.63) is 147 Å². The molecule has 0 saturated carbocycles. The van der Waals surface area contributed by atoms with Crippen LogP contribution in [0.25, 0.3) is 11.6 Å². The first kappa shape index (κ1) is 30.7. The second kappa shape index (κ2) is 14.2. The lowest BCUT2D eigenvalue weighted by atomic mass is 9.88. The predicted octanol–water partition coefficient (Wildman–Crippen LogP) is 4.71. The Morgan fingerprint density at radius 2 is 1.65 bits per heavy atom. The van der Waals surface area contributed by atoms with Gasteiger partial charge in [0.25, 0.3) is 0 Å². The van der Waals surface area contributed by atoms with Crippen LogP contribution in [0.15, 0.2) is 103 Å². The number of hydrogen-bond acceptors (Lipinski definition) is 7. The van der Waals surface area contributed by atoms with E-state index in [0.29, 0.717) is 24.4 Å². The highest BCUT2D eigenvalue weighted by Gasteiger charge is 2.23. The number of nitrogens with zero attached hydrogens (tertiary/aromatic N) is 3. The molecule has 5 aromatic rings. The summed E-state index contributed by atoms with van der Waals surface area (Å²) in [5.41, 5.74) is 6.32. The molecule has 0 aliphatic carbocycles. The van der Waals surface area contributed by atoms with Crippen molar-refractivity contribution in [1.82, 2.24) is 14.9 Å². The number of carbonyl (C=O) groups is 1. The SMILES string of the molecule is C/C=c1\ccc2c(c1)Oc1cc(CC)ccc1C=2c1ccc(NCCN(CCc2ccccn2)Cc2ccccn2)cc1C(=O)[O-]. The van der Waals surface area contributed by atoms with Crippen molar-refractivity contribution in [3.63, 3.8) is 0 Å². The third-order valence-corrected chi connectivity index (χ3v) is 8.34. The molecule has 2 aromatic heterocycles. The number of carboxylic acid groups (broad SMARTS) is 1. The molecule has 0 spiro atoms. The Morgan fingerprint density at radius 3 is 2.37 bits per heavy atom. The van der Waals surface area contributed by atoms with Crippen LogP contribution in [0, 0.1) is 0 Å². The number of aromatic carboxylic acids is 1. The van der Waals surface area contributed by atoms with E-state index in [1.807, 2.05) is 104 Å². The maximum Gasteiger partial charge on any atom is 0.135 e. The standard InChI is InChI=1S/C39H38N4O3/c1-3-27-11-14-33-36(23-27)46-37-24-28(4-2)12-15-34(37)38(33)32-16-13-30(25-35(32)39(44)45)42-20-22-43(26-31-10-6-8-19-41-31)21-17-29-9-5-7-18-40-29/h3,5-16,18-19,23-25,42H,4,17,20-22,26H2,1-2H3,(H,44,45)/p-1/b27-3+. The van der Waals surface area contributed by atoms with Crippen molar-refractivity contribution < 1.29 is 14.6 Å². The molecule has 0 saturated heterocycles. The zero-order valence-corrected chi connectivity index (χ0v) is 26.2. The van der Waals surface area contributed by atoms with Crippen LogP contribution >= 0.6 is 0 Å². The van der Waals surface area contributed by atoms with Crippen molar-refractivity contribution in [3.8, 4) is 11.5 Å². The maximum atomic E-state index is 12.6. The van der Waals surface area contributed by atoms with Crippen LogP contribution in [-0.4, -0.2) is 40.5 Å². The fourth-order valence-electron chi connectivity index (χ4n) is 5.85. The first-order chi connectivity index (χ1) is 22.5. The zero-order chi connectivity index (χ0) is 31.9. The monoisotopic (exact) mass is 609 g/mol. The Morgan fingerprint density at radius 1 is 0.870 bits per heavy atom. The molecule has 7 nitrogen and oxygen atoms in total. The predicted molar refractivity (Wildman–Crippen MR) is 180 cm³/mol. The van der Waals surface area contributed by atoms with Gasteiger partial charge in [0.15, 0.2) is 0 Å². The van der Waals surface area contributed by atoms with E-state index in [1.54, 1.807) is 6.07 Å². The number of carbonyl (C=O) groups excluding carboxylic acids is 1. The fourth-order valence-corrected chi connectivity index (χ4v) is 5.85. The number of aryl methyl sites for hydroxylation is 1. The molecule has 0 bridgehead atoms. The van der Waals surface area contributed by atoms with Gasteiger partial charge in [-0.05, 0) is 84.3 Å². The van der Waals surface area contributed by atoms with E-state index in [2.05, 4.69) is 33.2 Å². The van der Waals surface area contributed by atoms with Gasteiger partial charge in [0.05, 0.1) is 11.7 Å². The minimum absolute atomic E-state index is 0.130. The number of carboxylic acids is 1. The Labute approximate surface area is 269 Å². The number of aromatic nitrogens is 2. The number of ether oxygens (including phenoxy) is 1. The number of rotatable bonds is 12. The highest BCUT2D eigenvalue weighted by Crippen LogP contribution is 2.38. The molecule has 3 aromatic carbocycles. The molecule has 0 unspecified atom stereocenters. The Bertz CT molecular complexity index is 1960. The molecule has 0 atom stereocenters. The largest absolute Gasteiger partial charge is 0.545 e. The fraction of sp³-hybridized carbons (Fsp3) is 0.205. The van der Waals surface area contributed by atoms with E-state index in [1.165, 1.54) is 0 Å². The van der Waals surface area contributed by atoms with E-state index in [4.69, 9.17) is 4.74 Å². The topological polar surface area (TPSA) is 90.4 Å². The quantitative estimate of drug-likeness (QED) is 0.215. The summed E-state index contributed by atoms with van der Waals surface area (Å²) in [5.74, 6) is 0.202. The van der Waals surface area contributed by atoms with Gasteiger partial charge in [0.2, 0.25) is 0 Å². The molecule has 1 N–H and O–H groups in total. The van der Waals surface area contributed by atoms with Crippen molar-refractivity contribution in [2.45, 2.75) is 33.2 Å². The number of nitrogens with one attached hydrogen (secondary N) is 1. The van der Waals surface area contributed by atoms with Crippen LogP contribution in [0.1, 0.15) is 52.3 Å². The van der Waals surface area contributed by atoms with Gasteiger partial charge < -0.3 is 20.0 Å². The van der Waals surface area contributed by atoms with E-state index in [-0.39, 0.29) is 5.56 Å². The number of anilines is 1. The molecular weight excluding hydrogens is 572 g/mol. The molecule has 6 rings (SSSR count). The molecule has 1 aliphatic heterocycles. The minimum atomic E-state index is -1.23. The van der Waals surface area contributed by atoms with E-state index in [9.17, 15) is 9.90 Å². The minimum Gasteiger partial charge on any atom is -0.545 e. The van der Waals surface area contributed by atoms with Crippen LogP contribution < -0.4 is 25.6 Å². The van der Waals surface area contributed by atoms with Crippen LogP contribution in [0.5, 0.6) is 11.5 Å². The first-order valence-corrected chi connectivity index (χ1v) is 15.8. The molecule has 3 heterocycles. The third-order valence-electron chi connectivity index (χ3n) is 8.34. The Kier molecular flexibility index (Phi) is 9.51. The summed E-state index contributed by atoms with van der Waals surface area (Å²) in [7, 11) is 0. The van der Waals surface area contributed by atoms with Gasteiger partial charge in [-0.1, -0.05) is 49.4 Å². The number of hydrogen-bond donors (Lipinski definition) is 1. The van der Waals surface area contributed by atoms with Crippen molar-refractivity contribution in [1.29, 1.82) is 0 Å². The van der Waals surface area contributed by atoms with Gasteiger partial charge in [-0.3, -0.25) is 14.9 Å². The number of pyridine rings is 2. The normalized spacial score (nSPS) is 12.4. The van der Waals surface area contributed by atoms with E-state index >= 15 is 0 Å². The lowest BCUT2D eigenvalue weighted by Gasteiger charge is -2.24.